The molecule has 2 aromatic carbocycles. The Hall–Kier alpha value is -2.10. The third-order valence-corrected chi connectivity index (χ3v) is 5.15. The highest BCUT2D eigenvalue weighted by Gasteiger charge is 2.13. The molecule has 0 amide bonds. The molecule has 0 saturated carbocycles. The first kappa shape index (κ1) is 19.2. The molecule has 2 rings (SSSR count). The van der Waals surface area contributed by atoms with Crippen molar-refractivity contribution >= 4 is 34.9 Å². The Bertz CT molecular complexity index is 680. The number of ether oxygens (including phenoxy) is 1. The first-order chi connectivity index (χ1) is 12.1. The minimum absolute atomic E-state index is 0.0967. The molecule has 0 N–H and O–H groups in total. The van der Waals surface area contributed by atoms with Crippen molar-refractivity contribution < 1.29 is 14.6 Å². The maximum Gasteiger partial charge on any atom is 0.282 e. The summed E-state index contributed by atoms with van der Waals surface area (Å²) in [6, 6.07) is 13.2. The van der Waals surface area contributed by atoms with Gasteiger partial charge < -0.3 is 4.74 Å². The zero-order valence-electron chi connectivity index (χ0n) is 13.2. The second-order valence-electron chi connectivity index (χ2n) is 4.76. The molecule has 0 atom stereocenters. The van der Waals surface area contributed by atoms with Gasteiger partial charge in [0, 0.05) is 23.6 Å². The van der Waals surface area contributed by atoms with Crippen LogP contribution in [0.4, 0.5) is 11.4 Å². The molecule has 25 heavy (non-hydrogen) atoms. The summed E-state index contributed by atoms with van der Waals surface area (Å²) >= 11 is 2.75. The molecule has 0 saturated heterocycles. The van der Waals surface area contributed by atoms with E-state index in [9.17, 15) is 20.2 Å². The number of para-hydroxylation sites is 2. The molecular formula is C16H16N2O5S2. The van der Waals surface area contributed by atoms with E-state index < -0.39 is 9.85 Å². The lowest BCUT2D eigenvalue weighted by atomic mass is 10.3. The number of hydrogen-bond acceptors (Lipinski definition) is 7. The first-order valence-electron chi connectivity index (χ1n) is 7.40. The lowest BCUT2D eigenvalue weighted by Crippen LogP contribution is -2.02. The summed E-state index contributed by atoms with van der Waals surface area (Å²) in [4.78, 5) is 22.3. The number of nitro benzene ring substituents is 2. The number of nitrogens with zero attached hydrogens (tertiary/aromatic N) is 2. The van der Waals surface area contributed by atoms with Crippen LogP contribution in [0.2, 0.25) is 0 Å². The van der Waals surface area contributed by atoms with Crippen molar-refractivity contribution in [1.29, 1.82) is 0 Å². The molecule has 7 nitrogen and oxygen atoms in total. The highest BCUT2D eigenvalue weighted by Crippen LogP contribution is 2.29. The number of thioether (sulfide) groups is 2. The zero-order chi connectivity index (χ0) is 18.1. The Labute approximate surface area is 153 Å². The van der Waals surface area contributed by atoms with Gasteiger partial charge in [0.2, 0.25) is 0 Å². The molecule has 0 heterocycles. The van der Waals surface area contributed by atoms with Crippen LogP contribution in [0.15, 0.2) is 58.3 Å². The van der Waals surface area contributed by atoms with Gasteiger partial charge in [0.25, 0.3) is 11.4 Å². The van der Waals surface area contributed by atoms with Crippen LogP contribution < -0.4 is 0 Å². The SMILES string of the molecule is O=[N+]([O-])c1ccccc1SCCOCCSc1ccccc1[N+](=O)[O-]. The summed E-state index contributed by atoms with van der Waals surface area (Å²) in [5.41, 5.74) is 0.193. The van der Waals surface area contributed by atoms with E-state index in [1.165, 1.54) is 35.7 Å². The maximum absolute atomic E-state index is 10.9. The molecule has 0 spiro atoms. The van der Waals surface area contributed by atoms with Crippen LogP contribution in [0.25, 0.3) is 0 Å². The fraction of sp³-hybridized carbons (Fsp3) is 0.250. The van der Waals surface area contributed by atoms with Crippen molar-refractivity contribution in [2.24, 2.45) is 0 Å². The molecule has 0 aromatic heterocycles. The number of rotatable bonds is 10. The van der Waals surface area contributed by atoms with E-state index in [-0.39, 0.29) is 11.4 Å². The van der Waals surface area contributed by atoms with Gasteiger partial charge in [-0.15, -0.1) is 23.5 Å². The molecule has 0 aliphatic heterocycles. The number of hydrogen-bond donors (Lipinski definition) is 0. The molecule has 2 aromatic rings. The predicted octanol–water partition coefficient (Wildman–Crippen LogP) is 4.40. The second-order valence-corrected chi connectivity index (χ2v) is 7.03. The Morgan fingerprint density at radius 3 is 1.56 bits per heavy atom. The van der Waals surface area contributed by atoms with Crippen LogP contribution in [0.3, 0.4) is 0 Å². The van der Waals surface area contributed by atoms with Gasteiger partial charge in [-0.1, -0.05) is 24.3 Å². The predicted molar refractivity (Wildman–Crippen MR) is 98.5 cm³/mol. The van der Waals surface area contributed by atoms with E-state index in [0.717, 1.165) is 0 Å². The molecule has 0 aliphatic carbocycles. The molecule has 132 valence electrons. The summed E-state index contributed by atoms with van der Waals surface area (Å²) in [5, 5.41) is 21.8. The fourth-order valence-corrected chi connectivity index (χ4v) is 3.76. The average Bonchev–Trinajstić information content (AvgIpc) is 2.61. The van der Waals surface area contributed by atoms with E-state index in [4.69, 9.17) is 4.74 Å². The Kier molecular flexibility index (Phi) is 7.71. The smallest absolute Gasteiger partial charge is 0.282 e. The van der Waals surface area contributed by atoms with Gasteiger partial charge in [-0.05, 0) is 12.1 Å². The Balaban J connectivity index is 1.68. The molecule has 0 unspecified atom stereocenters. The minimum atomic E-state index is -0.396. The van der Waals surface area contributed by atoms with E-state index in [1.807, 2.05) is 0 Å². The van der Waals surface area contributed by atoms with Crippen LogP contribution in [-0.4, -0.2) is 34.6 Å². The summed E-state index contributed by atoms with van der Waals surface area (Å²) in [6.45, 7) is 0.905. The maximum atomic E-state index is 10.9. The van der Waals surface area contributed by atoms with Gasteiger partial charge in [0.1, 0.15) is 0 Å². The van der Waals surface area contributed by atoms with Crippen molar-refractivity contribution in [3.05, 3.63) is 68.8 Å². The van der Waals surface area contributed by atoms with Gasteiger partial charge in [-0.2, -0.15) is 0 Å². The van der Waals surface area contributed by atoms with E-state index >= 15 is 0 Å². The van der Waals surface area contributed by atoms with Gasteiger partial charge in [-0.3, -0.25) is 20.2 Å². The van der Waals surface area contributed by atoms with Gasteiger partial charge in [-0.25, -0.2) is 0 Å². The number of benzene rings is 2. The third-order valence-electron chi connectivity index (χ3n) is 3.09. The lowest BCUT2D eigenvalue weighted by Gasteiger charge is -2.05. The molecule has 0 bridgehead atoms. The zero-order valence-corrected chi connectivity index (χ0v) is 14.8. The van der Waals surface area contributed by atoms with Gasteiger partial charge >= 0.3 is 0 Å². The third kappa shape index (κ3) is 6.04. The highest BCUT2D eigenvalue weighted by atomic mass is 32.2. The summed E-state index contributed by atoms with van der Waals surface area (Å²) < 4.78 is 5.50. The highest BCUT2D eigenvalue weighted by molar-refractivity contribution is 7.99. The molecule has 0 aliphatic rings. The molecular weight excluding hydrogens is 364 g/mol. The summed E-state index contributed by atoms with van der Waals surface area (Å²) in [6.07, 6.45) is 0. The normalized spacial score (nSPS) is 10.6. The van der Waals surface area contributed by atoms with Crippen molar-refractivity contribution in [1.82, 2.24) is 0 Å². The van der Waals surface area contributed by atoms with Crippen LogP contribution in [-0.2, 0) is 4.74 Å². The van der Waals surface area contributed by atoms with Gasteiger partial charge in [0.15, 0.2) is 0 Å². The van der Waals surface area contributed by atoms with E-state index in [2.05, 4.69) is 0 Å². The Morgan fingerprint density at radius 2 is 1.16 bits per heavy atom. The first-order valence-corrected chi connectivity index (χ1v) is 9.37. The van der Waals surface area contributed by atoms with Crippen LogP contribution in [0, 0.1) is 20.2 Å². The molecule has 0 radical (unpaired) electrons. The Morgan fingerprint density at radius 1 is 0.760 bits per heavy atom. The van der Waals surface area contributed by atoms with Crippen LogP contribution in [0.1, 0.15) is 0 Å². The van der Waals surface area contributed by atoms with Crippen molar-refractivity contribution in [3.8, 4) is 0 Å². The minimum Gasteiger partial charge on any atom is -0.380 e. The number of nitro groups is 2. The summed E-state index contributed by atoms with van der Waals surface area (Å²) in [5.74, 6) is 1.20. The lowest BCUT2D eigenvalue weighted by molar-refractivity contribution is -0.387. The van der Waals surface area contributed by atoms with E-state index in [0.29, 0.717) is 34.5 Å². The largest absolute Gasteiger partial charge is 0.380 e. The van der Waals surface area contributed by atoms with Crippen LogP contribution >= 0.6 is 23.5 Å². The monoisotopic (exact) mass is 380 g/mol. The standard InChI is InChI=1S/C16H16N2O5S2/c19-17(20)13-5-1-3-7-15(13)24-11-9-23-10-12-25-16-8-4-2-6-14(16)18(21)22/h1-8H,9-12H2. The van der Waals surface area contributed by atoms with Crippen molar-refractivity contribution in [3.63, 3.8) is 0 Å². The average molecular weight is 380 g/mol. The van der Waals surface area contributed by atoms with Gasteiger partial charge in [0.05, 0.1) is 32.9 Å². The fourth-order valence-electron chi connectivity index (χ4n) is 1.98. The second kappa shape index (κ2) is 10.0. The quantitative estimate of drug-likeness (QED) is 0.261. The molecule has 0 fully saturated rings. The van der Waals surface area contributed by atoms with E-state index in [1.54, 1.807) is 36.4 Å². The van der Waals surface area contributed by atoms with Crippen molar-refractivity contribution in [2.45, 2.75) is 9.79 Å². The van der Waals surface area contributed by atoms with Crippen LogP contribution in [0.5, 0.6) is 0 Å². The topological polar surface area (TPSA) is 95.5 Å². The molecule has 9 heteroatoms. The van der Waals surface area contributed by atoms with Crippen molar-refractivity contribution in [2.75, 3.05) is 24.7 Å². The summed E-state index contributed by atoms with van der Waals surface area (Å²) in [7, 11) is 0.